The Bertz CT molecular complexity index is 761. The van der Waals surface area contributed by atoms with Gasteiger partial charge in [0.1, 0.15) is 11.3 Å². The van der Waals surface area contributed by atoms with Crippen LogP contribution < -0.4 is 15.6 Å². The van der Waals surface area contributed by atoms with E-state index in [-0.39, 0.29) is 23.1 Å². The Hall–Kier alpha value is -2.56. The van der Waals surface area contributed by atoms with Crippen molar-refractivity contribution in [3.05, 3.63) is 63.6 Å². The van der Waals surface area contributed by atoms with Gasteiger partial charge in [-0.1, -0.05) is 12.1 Å². The first-order valence-corrected chi connectivity index (χ1v) is 7.73. The average Bonchev–Trinajstić information content (AvgIpc) is 3.37. The number of methoxy groups -OCH3 is 1. The van der Waals surface area contributed by atoms with Gasteiger partial charge in [0.2, 0.25) is 0 Å². The number of nitrogens with one attached hydrogen (secondary N) is 2. The maximum Gasteiger partial charge on any atom is 0.260 e. The molecule has 1 atom stereocenters. The van der Waals surface area contributed by atoms with Crippen LogP contribution in [0.2, 0.25) is 0 Å². The second-order valence-electron chi connectivity index (χ2n) is 5.95. The maximum atomic E-state index is 12.5. The van der Waals surface area contributed by atoms with Crippen LogP contribution in [0.25, 0.3) is 0 Å². The highest BCUT2D eigenvalue weighted by molar-refractivity contribution is 5.94. The molecule has 1 aromatic carbocycles. The Kier molecular flexibility index (Phi) is 4.19. The Labute approximate surface area is 134 Å². The van der Waals surface area contributed by atoms with E-state index in [2.05, 4.69) is 10.3 Å². The number of H-pyrrole nitrogens is 1. The number of aromatic nitrogens is 1. The summed E-state index contributed by atoms with van der Waals surface area (Å²) in [6.45, 7) is 1.79. The van der Waals surface area contributed by atoms with Crippen LogP contribution in [0, 0.1) is 12.8 Å². The predicted octanol–water partition coefficient (Wildman–Crippen LogP) is 2.57. The van der Waals surface area contributed by atoms with E-state index in [1.807, 2.05) is 24.3 Å². The fourth-order valence-corrected chi connectivity index (χ4v) is 2.68. The van der Waals surface area contributed by atoms with E-state index in [1.54, 1.807) is 26.2 Å². The third-order valence-electron chi connectivity index (χ3n) is 4.15. The summed E-state index contributed by atoms with van der Waals surface area (Å²) in [7, 11) is 1.62. The number of pyridine rings is 1. The van der Waals surface area contributed by atoms with Crippen LogP contribution >= 0.6 is 0 Å². The summed E-state index contributed by atoms with van der Waals surface area (Å²) < 4.78 is 5.17. The van der Waals surface area contributed by atoms with Crippen molar-refractivity contribution in [2.45, 2.75) is 25.8 Å². The fraction of sp³-hybridized carbons (Fsp3) is 0.333. The minimum absolute atomic E-state index is 0.0749. The molecule has 1 aliphatic rings. The second kappa shape index (κ2) is 6.28. The predicted molar refractivity (Wildman–Crippen MR) is 87.7 cm³/mol. The quantitative estimate of drug-likeness (QED) is 0.891. The molecule has 1 aromatic heterocycles. The van der Waals surface area contributed by atoms with Crippen LogP contribution in [-0.2, 0) is 0 Å². The second-order valence-corrected chi connectivity index (χ2v) is 5.95. The normalized spacial score (nSPS) is 15.0. The number of benzene rings is 1. The highest BCUT2D eigenvalue weighted by Gasteiger charge is 2.33. The van der Waals surface area contributed by atoms with E-state index in [0.29, 0.717) is 5.92 Å². The van der Waals surface area contributed by atoms with Crippen LogP contribution in [-0.4, -0.2) is 18.0 Å². The highest BCUT2D eigenvalue weighted by atomic mass is 16.5. The molecule has 1 heterocycles. The van der Waals surface area contributed by atoms with Gasteiger partial charge in [0.25, 0.3) is 11.5 Å². The number of ether oxygens (including phenoxy) is 1. The maximum absolute atomic E-state index is 12.5. The van der Waals surface area contributed by atoms with E-state index in [9.17, 15) is 9.59 Å². The van der Waals surface area contributed by atoms with E-state index >= 15 is 0 Å². The Morgan fingerprint density at radius 1 is 1.22 bits per heavy atom. The first kappa shape index (κ1) is 15.3. The summed E-state index contributed by atoms with van der Waals surface area (Å²) in [6.07, 6.45) is 2.17. The van der Waals surface area contributed by atoms with Gasteiger partial charge < -0.3 is 15.0 Å². The number of aryl methyl sites for hydroxylation is 1. The monoisotopic (exact) mass is 312 g/mol. The van der Waals surface area contributed by atoms with Crippen LogP contribution in [0.1, 0.15) is 40.5 Å². The molecule has 0 spiro atoms. The van der Waals surface area contributed by atoms with Crippen LogP contribution in [0.4, 0.5) is 0 Å². The fourth-order valence-electron chi connectivity index (χ4n) is 2.68. The minimum atomic E-state index is -0.355. The van der Waals surface area contributed by atoms with Crippen LogP contribution in [0.5, 0.6) is 5.75 Å². The molecule has 2 aromatic rings. The molecule has 0 radical (unpaired) electrons. The molecule has 5 nitrogen and oxygen atoms in total. The van der Waals surface area contributed by atoms with Crippen LogP contribution in [0.15, 0.2) is 41.2 Å². The molecular weight excluding hydrogens is 292 g/mol. The van der Waals surface area contributed by atoms with Gasteiger partial charge in [0, 0.05) is 5.69 Å². The SMILES string of the molecule is COc1ccc(C(NC(=O)c2ccc(C)[nH]c2=O)C2CC2)cc1. The molecule has 0 saturated heterocycles. The van der Waals surface area contributed by atoms with Gasteiger partial charge in [-0.25, -0.2) is 0 Å². The van der Waals surface area contributed by atoms with E-state index in [0.717, 1.165) is 29.8 Å². The number of amides is 1. The van der Waals surface area contributed by atoms with Crippen molar-refractivity contribution in [1.82, 2.24) is 10.3 Å². The molecule has 0 aliphatic heterocycles. The van der Waals surface area contributed by atoms with E-state index < -0.39 is 0 Å². The first-order valence-electron chi connectivity index (χ1n) is 7.73. The molecule has 1 amide bonds. The molecule has 1 saturated carbocycles. The van der Waals surface area contributed by atoms with Gasteiger partial charge in [-0.05, 0) is 55.5 Å². The van der Waals surface area contributed by atoms with Crippen molar-refractivity contribution in [1.29, 1.82) is 0 Å². The Morgan fingerprint density at radius 3 is 2.48 bits per heavy atom. The zero-order valence-corrected chi connectivity index (χ0v) is 13.3. The largest absolute Gasteiger partial charge is 0.497 e. The van der Waals surface area contributed by atoms with Gasteiger partial charge in [-0.15, -0.1) is 0 Å². The van der Waals surface area contributed by atoms with Gasteiger partial charge in [-0.3, -0.25) is 9.59 Å². The molecule has 0 bridgehead atoms. The van der Waals surface area contributed by atoms with Gasteiger partial charge in [-0.2, -0.15) is 0 Å². The molecule has 3 rings (SSSR count). The van der Waals surface area contributed by atoms with Crippen molar-refractivity contribution in [3.8, 4) is 5.75 Å². The highest BCUT2D eigenvalue weighted by Crippen LogP contribution is 2.41. The van der Waals surface area contributed by atoms with Crippen molar-refractivity contribution in [2.24, 2.45) is 5.92 Å². The summed E-state index contributed by atoms with van der Waals surface area (Å²) in [6, 6.07) is 10.9. The Balaban J connectivity index is 1.81. The lowest BCUT2D eigenvalue weighted by Gasteiger charge is -2.19. The summed E-state index contributed by atoms with van der Waals surface area (Å²) in [4.78, 5) is 27.1. The zero-order chi connectivity index (χ0) is 16.4. The lowest BCUT2D eigenvalue weighted by atomic mass is 10.0. The molecule has 1 unspecified atom stereocenters. The lowest BCUT2D eigenvalue weighted by molar-refractivity contribution is 0.0930. The minimum Gasteiger partial charge on any atom is -0.497 e. The summed E-state index contributed by atoms with van der Waals surface area (Å²) in [5, 5.41) is 3.01. The molecule has 1 aliphatic carbocycles. The van der Waals surface area contributed by atoms with Crippen molar-refractivity contribution in [3.63, 3.8) is 0 Å². The summed E-state index contributed by atoms with van der Waals surface area (Å²) in [5.41, 5.74) is 1.56. The van der Waals surface area contributed by atoms with Gasteiger partial charge in [0.15, 0.2) is 0 Å². The van der Waals surface area contributed by atoms with Crippen molar-refractivity contribution >= 4 is 5.91 Å². The van der Waals surface area contributed by atoms with E-state index in [4.69, 9.17) is 4.74 Å². The number of hydrogen-bond acceptors (Lipinski definition) is 3. The lowest BCUT2D eigenvalue weighted by Crippen LogP contribution is -2.33. The van der Waals surface area contributed by atoms with Crippen LogP contribution in [0.3, 0.4) is 0 Å². The average molecular weight is 312 g/mol. The topological polar surface area (TPSA) is 71.2 Å². The number of hydrogen-bond donors (Lipinski definition) is 2. The smallest absolute Gasteiger partial charge is 0.260 e. The zero-order valence-electron chi connectivity index (χ0n) is 13.3. The third kappa shape index (κ3) is 3.44. The van der Waals surface area contributed by atoms with Gasteiger partial charge >= 0.3 is 0 Å². The summed E-state index contributed by atoms with van der Waals surface area (Å²) in [5.74, 6) is 0.875. The third-order valence-corrected chi connectivity index (χ3v) is 4.15. The Morgan fingerprint density at radius 2 is 1.91 bits per heavy atom. The standard InChI is InChI=1S/C18H20N2O3/c1-11-3-10-15(17(21)19-11)18(22)20-16(12-4-5-12)13-6-8-14(23-2)9-7-13/h3,6-10,12,16H,4-5H2,1-2H3,(H,19,21)(H,20,22). The molecule has 2 N–H and O–H groups in total. The molecule has 120 valence electrons. The summed E-state index contributed by atoms with van der Waals surface area (Å²) >= 11 is 0. The van der Waals surface area contributed by atoms with Crippen molar-refractivity contribution in [2.75, 3.05) is 7.11 Å². The van der Waals surface area contributed by atoms with E-state index in [1.165, 1.54) is 0 Å². The number of rotatable bonds is 5. The van der Waals surface area contributed by atoms with Gasteiger partial charge in [0.05, 0.1) is 13.2 Å². The molecule has 1 fully saturated rings. The number of aromatic amines is 1. The number of carbonyl (C=O) groups is 1. The molecule has 23 heavy (non-hydrogen) atoms. The first-order chi connectivity index (χ1) is 11.1. The number of carbonyl (C=O) groups excluding carboxylic acids is 1. The molecular formula is C18H20N2O3. The molecule has 5 heteroatoms. The van der Waals surface area contributed by atoms with Crippen molar-refractivity contribution < 1.29 is 9.53 Å².